The standard InChI is InChI=1S/C24H29FN4O/c1-5-28(23-9-7-6-8-17(23)2)15-14-26-24(30)16-22-18(3)27-29(19(22)4)21-12-10-20(25)11-13-21/h6-13H,5,14-16H2,1-4H3,(H,26,30). The first-order chi connectivity index (χ1) is 14.4. The first-order valence-corrected chi connectivity index (χ1v) is 10.3. The molecule has 2 aromatic carbocycles. The molecule has 1 N–H and O–H groups in total. The molecule has 0 aliphatic rings. The Kier molecular flexibility index (Phi) is 6.87. The van der Waals surface area contributed by atoms with Crippen molar-refractivity contribution in [2.45, 2.75) is 34.1 Å². The van der Waals surface area contributed by atoms with Gasteiger partial charge >= 0.3 is 0 Å². The van der Waals surface area contributed by atoms with E-state index in [9.17, 15) is 9.18 Å². The third-order valence-electron chi connectivity index (χ3n) is 5.39. The quantitative estimate of drug-likeness (QED) is 0.610. The minimum absolute atomic E-state index is 0.0271. The van der Waals surface area contributed by atoms with E-state index >= 15 is 0 Å². The molecule has 1 amide bonds. The van der Waals surface area contributed by atoms with E-state index < -0.39 is 0 Å². The predicted molar refractivity (Wildman–Crippen MR) is 119 cm³/mol. The van der Waals surface area contributed by atoms with E-state index in [1.165, 1.54) is 23.4 Å². The van der Waals surface area contributed by atoms with Crippen LogP contribution >= 0.6 is 0 Å². The number of para-hydroxylation sites is 1. The van der Waals surface area contributed by atoms with Crippen molar-refractivity contribution >= 4 is 11.6 Å². The van der Waals surface area contributed by atoms with Gasteiger partial charge in [0, 0.05) is 36.6 Å². The van der Waals surface area contributed by atoms with Gasteiger partial charge in [0.2, 0.25) is 5.91 Å². The van der Waals surface area contributed by atoms with Crippen LogP contribution in [0.2, 0.25) is 0 Å². The van der Waals surface area contributed by atoms with Crippen LogP contribution in [0.5, 0.6) is 0 Å². The summed E-state index contributed by atoms with van der Waals surface area (Å²) in [6, 6.07) is 14.5. The Morgan fingerprint density at radius 2 is 1.80 bits per heavy atom. The lowest BCUT2D eigenvalue weighted by atomic mass is 10.1. The molecule has 0 radical (unpaired) electrons. The molecule has 30 heavy (non-hydrogen) atoms. The second kappa shape index (κ2) is 9.57. The molecule has 0 bridgehead atoms. The van der Waals surface area contributed by atoms with E-state index in [1.54, 1.807) is 16.8 Å². The van der Waals surface area contributed by atoms with E-state index in [2.05, 4.69) is 41.3 Å². The molecule has 5 nitrogen and oxygen atoms in total. The maximum atomic E-state index is 13.2. The first kappa shape index (κ1) is 21.6. The van der Waals surface area contributed by atoms with E-state index in [4.69, 9.17) is 0 Å². The van der Waals surface area contributed by atoms with Gasteiger partial charge < -0.3 is 10.2 Å². The van der Waals surface area contributed by atoms with E-state index in [0.717, 1.165) is 35.7 Å². The summed E-state index contributed by atoms with van der Waals surface area (Å²) in [5, 5.41) is 7.57. The van der Waals surface area contributed by atoms with Crippen molar-refractivity contribution in [3.05, 3.63) is 76.9 Å². The average molecular weight is 409 g/mol. The molecule has 0 atom stereocenters. The average Bonchev–Trinajstić information content (AvgIpc) is 3.01. The maximum Gasteiger partial charge on any atom is 0.224 e. The zero-order valence-corrected chi connectivity index (χ0v) is 18.1. The number of carbonyl (C=O) groups excluding carboxylic acids is 1. The van der Waals surface area contributed by atoms with Gasteiger partial charge in [0.1, 0.15) is 5.82 Å². The van der Waals surface area contributed by atoms with Crippen LogP contribution in [0.3, 0.4) is 0 Å². The van der Waals surface area contributed by atoms with Gasteiger partial charge in [0.05, 0.1) is 17.8 Å². The molecule has 3 aromatic rings. The van der Waals surface area contributed by atoms with Crippen molar-refractivity contribution in [2.24, 2.45) is 0 Å². The van der Waals surface area contributed by atoms with Gasteiger partial charge in [0.15, 0.2) is 0 Å². The van der Waals surface area contributed by atoms with Crippen LogP contribution in [0.25, 0.3) is 5.69 Å². The summed E-state index contributed by atoms with van der Waals surface area (Å²) in [5.41, 5.74) is 5.81. The van der Waals surface area contributed by atoms with Crippen molar-refractivity contribution in [1.29, 1.82) is 0 Å². The van der Waals surface area contributed by atoms with Crippen molar-refractivity contribution in [3.63, 3.8) is 0 Å². The molecule has 0 saturated carbocycles. The van der Waals surface area contributed by atoms with Gasteiger partial charge in [-0.25, -0.2) is 9.07 Å². The molecule has 1 aromatic heterocycles. The molecule has 158 valence electrons. The largest absolute Gasteiger partial charge is 0.370 e. The molecular formula is C24H29FN4O. The van der Waals surface area contributed by atoms with Crippen LogP contribution in [0.15, 0.2) is 48.5 Å². The summed E-state index contributed by atoms with van der Waals surface area (Å²) < 4.78 is 15.0. The van der Waals surface area contributed by atoms with Crippen LogP contribution in [0.4, 0.5) is 10.1 Å². The van der Waals surface area contributed by atoms with Gasteiger partial charge in [0.25, 0.3) is 0 Å². The number of nitrogens with one attached hydrogen (secondary N) is 1. The SMILES string of the molecule is CCN(CCNC(=O)Cc1c(C)nn(-c2ccc(F)cc2)c1C)c1ccccc1C. The third kappa shape index (κ3) is 4.87. The van der Waals surface area contributed by atoms with Gasteiger partial charge in [-0.1, -0.05) is 18.2 Å². The number of aromatic nitrogens is 2. The zero-order valence-electron chi connectivity index (χ0n) is 18.1. The lowest BCUT2D eigenvalue weighted by molar-refractivity contribution is -0.120. The molecule has 0 saturated heterocycles. The smallest absolute Gasteiger partial charge is 0.224 e. The topological polar surface area (TPSA) is 50.2 Å². The van der Waals surface area contributed by atoms with Gasteiger partial charge in [-0.15, -0.1) is 0 Å². The Morgan fingerprint density at radius 3 is 2.47 bits per heavy atom. The van der Waals surface area contributed by atoms with Crippen LogP contribution in [0.1, 0.15) is 29.4 Å². The van der Waals surface area contributed by atoms with Gasteiger partial charge in [-0.2, -0.15) is 5.10 Å². The Balaban J connectivity index is 1.61. The van der Waals surface area contributed by atoms with E-state index in [0.29, 0.717) is 6.54 Å². The minimum Gasteiger partial charge on any atom is -0.370 e. The fourth-order valence-electron chi connectivity index (χ4n) is 3.68. The van der Waals surface area contributed by atoms with Gasteiger partial charge in [-0.3, -0.25) is 4.79 Å². The van der Waals surface area contributed by atoms with Crippen molar-refractivity contribution in [3.8, 4) is 5.69 Å². The Hall–Kier alpha value is -3.15. The molecule has 0 unspecified atom stereocenters. The van der Waals surface area contributed by atoms with Crippen LogP contribution < -0.4 is 10.2 Å². The highest BCUT2D eigenvalue weighted by Gasteiger charge is 2.16. The lowest BCUT2D eigenvalue weighted by Crippen LogP contribution is -2.36. The maximum absolute atomic E-state index is 13.2. The van der Waals surface area contributed by atoms with Crippen molar-refractivity contribution in [1.82, 2.24) is 15.1 Å². The molecule has 6 heteroatoms. The molecule has 0 fully saturated rings. The van der Waals surface area contributed by atoms with E-state index in [-0.39, 0.29) is 18.1 Å². The Bertz CT molecular complexity index is 1010. The molecule has 0 spiro atoms. The van der Waals surface area contributed by atoms with Crippen LogP contribution in [0, 0.1) is 26.6 Å². The summed E-state index contributed by atoms with van der Waals surface area (Å²) in [7, 11) is 0. The monoisotopic (exact) mass is 408 g/mol. The Labute approximate surface area is 177 Å². The minimum atomic E-state index is -0.285. The molecular weight excluding hydrogens is 379 g/mol. The summed E-state index contributed by atoms with van der Waals surface area (Å²) in [5.74, 6) is -0.313. The highest BCUT2D eigenvalue weighted by Crippen LogP contribution is 2.20. The number of halogens is 1. The number of benzene rings is 2. The highest BCUT2D eigenvalue weighted by molar-refractivity contribution is 5.79. The predicted octanol–water partition coefficient (Wildman–Crippen LogP) is 4.12. The summed E-state index contributed by atoms with van der Waals surface area (Å²) in [6.45, 7) is 10.2. The number of rotatable bonds is 8. The van der Waals surface area contributed by atoms with Gasteiger partial charge in [-0.05, 0) is 63.6 Å². The summed E-state index contributed by atoms with van der Waals surface area (Å²) >= 11 is 0. The fourth-order valence-corrected chi connectivity index (χ4v) is 3.68. The highest BCUT2D eigenvalue weighted by atomic mass is 19.1. The molecule has 0 aliphatic carbocycles. The van der Waals surface area contributed by atoms with E-state index in [1.807, 2.05) is 26.0 Å². The molecule has 3 rings (SSSR count). The zero-order chi connectivity index (χ0) is 21.7. The van der Waals surface area contributed by atoms with Crippen LogP contribution in [-0.2, 0) is 11.2 Å². The fraction of sp³-hybridized carbons (Fsp3) is 0.333. The normalized spacial score (nSPS) is 10.8. The summed E-state index contributed by atoms with van der Waals surface area (Å²) in [6.07, 6.45) is 0.273. The van der Waals surface area contributed by atoms with Crippen molar-refractivity contribution in [2.75, 3.05) is 24.5 Å². The first-order valence-electron chi connectivity index (χ1n) is 10.3. The molecule has 1 heterocycles. The number of amides is 1. The number of anilines is 1. The second-order valence-corrected chi connectivity index (χ2v) is 7.43. The number of hydrogen-bond donors (Lipinski definition) is 1. The lowest BCUT2D eigenvalue weighted by Gasteiger charge is -2.25. The summed E-state index contributed by atoms with van der Waals surface area (Å²) in [4.78, 5) is 14.8. The number of aryl methyl sites for hydroxylation is 2. The Morgan fingerprint density at radius 1 is 1.10 bits per heavy atom. The number of likely N-dealkylation sites (N-methyl/N-ethyl adjacent to an activating group) is 1. The third-order valence-corrected chi connectivity index (χ3v) is 5.39. The van der Waals surface area contributed by atoms with Crippen LogP contribution in [-0.4, -0.2) is 35.3 Å². The van der Waals surface area contributed by atoms with Crippen molar-refractivity contribution < 1.29 is 9.18 Å². The molecule has 0 aliphatic heterocycles. The number of nitrogens with zero attached hydrogens (tertiary/aromatic N) is 3. The number of carbonyl (C=O) groups is 1. The number of hydrogen-bond acceptors (Lipinski definition) is 3. The second-order valence-electron chi connectivity index (χ2n) is 7.43.